The summed E-state index contributed by atoms with van der Waals surface area (Å²) in [5.74, 6) is -0.364. The van der Waals surface area contributed by atoms with Crippen LogP contribution >= 0.6 is 0 Å². The summed E-state index contributed by atoms with van der Waals surface area (Å²) in [7, 11) is 0. The molecular weight excluding hydrogens is 209 g/mol. The van der Waals surface area contributed by atoms with Gasteiger partial charge in [-0.2, -0.15) is 0 Å². The number of likely N-dealkylation sites (tertiary alicyclic amines) is 1. The van der Waals surface area contributed by atoms with Crippen molar-refractivity contribution in [2.45, 2.75) is 26.0 Å². The highest BCUT2D eigenvalue weighted by molar-refractivity contribution is 5.79. The molecule has 0 saturated carbocycles. The summed E-state index contributed by atoms with van der Waals surface area (Å²) in [5, 5.41) is 9.32. The van der Waals surface area contributed by atoms with Crippen molar-refractivity contribution in [1.29, 1.82) is 0 Å². The van der Waals surface area contributed by atoms with Crippen molar-refractivity contribution < 1.29 is 14.3 Å². The Labute approximate surface area is 93.5 Å². The number of halogens is 1. The zero-order valence-electron chi connectivity index (χ0n) is 9.11. The first-order valence-corrected chi connectivity index (χ1v) is 5.26. The van der Waals surface area contributed by atoms with Gasteiger partial charge in [-0.3, -0.25) is 4.79 Å². The lowest BCUT2D eigenvalue weighted by Gasteiger charge is -2.16. The second-order valence-electron chi connectivity index (χ2n) is 4.27. The van der Waals surface area contributed by atoms with Crippen molar-refractivity contribution in [2.24, 2.45) is 0 Å². The Bertz CT molecular complexity index is 399. The number of carbonyl (C=O) groups is 1. The molecule has 2 rings (SSSR count). The van der Waals surface area contributed by atoms with E-state index in [1.807, 2.05) is 13.0 Å². The van der Waals surface area contributed by atoms with Gasteiger partial charge in [-0.15, -0.1) is 0 Å². The average Bonchev–Trinajstić information content (AvgIpc) is 2.43. The van der Waals surface area contributed by atoms with Gasteiger partial charge in [0.25, 0.3) is 0 Å². The number of nitrogens with zero attached hydrogens (tertiary/aromatic N) is 1. The van der Waals surface area contributed by atoms with Crippen molar-refractivity contribution in [3.05, 3.63) is 35.1 Å². The largest absolute Gasteiger partial charge is 0.391 e. The van der Waals surface area contributed by atoms with Crippen LogP contribution in [0.2, 0.25) is 0 Å². The van der Waals surface area contributed by atoms with Crippen molar-refractivity contribution >= 4 is 5.91 Å². The summed E-state index contributed by atoms with van der Waals surface area (Å²) in [6.07, 6.45) is -0.406. The van der Waals surface area contributed by atoms with Crippen LogP contribution in [0, 0.1) is 12.7 Å². The molecule has 1 aromatic carbocycles. The molecule has 0 radical (unpaired) electrons. The number of aliphatic hydroxyl groups excluding tert-OH is 1. The summed E-state index contributed by atoms with van der Waals surface area (Å²) >= 11 is 0. The molecule has 0 aliphatic carbocycles. The number of amides is 1. The summed E-state index contributed by atoms with van der Waals surface area (Å²) in [6, 6.07) is 4.72. The molecule has 1 saturated heterocycles. The van der Waals surface area contributed by atoms with Gasteiger partial charge in [0.15, 0.2) is 0 Å². The monoisotopic (exact) mass is 223 g/mol. The maximum absolute atomic E-state index is 13.1. The Morgan fingerprint density at radius 3 is 2.81 bits per heavy atom. The molecule has 1 atom stereocenters. The first-order valence-electron chi connectivity index (χ1n) is 5.26. The smallest absolute Gasteiger partial charge is 0.225 e. The minimum atomic E-state index is -0.581. The van der Waals surface area contributed by atoms with E-state index in [0.717, 1.165) is 11.1 Å². The third-order valence-electron chi connectivity index (χ3n) is 2.67. The molecule has 86 valence electrons. The predicted molar refractivity (Wildman–Crippen MR) is 57.2 cm³/mol. The van der Waals surface area contributed by atoms with E-state index < -0.39 is 6.10 Å². The Morgan fingerprint density at radius 1 is 1.50 bits per heavy atom. The van der Waals surface area contributed by atoms with E-state index in [4.69, 9.17) is 0 Å². The molecule has 1 aliphatic heterocycles. The number of aliphatic hydroxyl groups is 1. The zero-order chi connectivity index (χ0) is 11.7. The molecule has 0 aromatic heterocycles. The van der Waals surface area contributed by atoms with Crippen LogP contribution in [0.1, 0.15) is 17.5 Å². The van der Waals surface area contributed by atoms with Crippen molar-refractivity contribution in [2.75, 3.05) is 6.54 Å². The maximum Gasteiger partial charge on any atom is 0.225 e. The number of β-amino-alcohol motifs (C(OH)–C–C–N with tert-alkyl or cyclic N) is 1. The Morgan fingerprint density at radius 2 is 2.25 bits per heavy atom. The normalized spacial score (nSPS) is 20.6. The molecule has 0 bridgehead atoms. The topological polar surface area (TPSA) is 40.5 Å². The third-order valence-corrected chi connectivity index (χ3v) is 2.67. The molecule has 1 unspecified atom stereocenters. The van der Waals surface area contributed by atoms with Gasteiger partial charge in [-0.05, 0) is 30.2 Å². The Hall–Kier alpha value is -1.42. The van der Waals surface area contributed by atoms with E-state index in [9.17, 15) is 14.3 Å². The summed E-state index contributed by atoms with van der Waals surface area (Å²) < 4.78 is 13.1. The van der Waals surface area contributed by atoms with Gasteiger partial charge >= 0.3 is 0 Å². The van der Waals surface area contributed by atoms with E-state index in [-0.39, 0.29) is 18.1 Å². The van der Waals surface area contributed by atoms with E-state index in [2.05, 4.69) is 0 Å². The molecule has 1 aromatic rings. The molecule has 1 amide bonds. The molecule has 1 N–H and O–H groups in total. The number of hydrogen-bond acceptors (Lipinski definition) is 2. The van der Waals surface area contributed by atoms with Gasteiger partial charge in [0.05, 0.1) is 12.5 Å². The molecule has 16 heavy (non-hydrogen) atoms. The summed E-state index contributed by atoms with van der Waals surface area (Å²) in [6.45, 7) is 2.52. The lowest BCUT2D eigenvalue weighted by molar-refractivity contribution is -0.128. The van der Waals surface area contributed by atoms with Crippen LogP contribution in [0.15, 0.2) is 18.2 Å². The van der Waals surface area contributed by atoms with Gasteiger partial charge < -0.3 is 10.0 Å². The molecule has 1 aliphatic rings. The van der Waals surface area contributed by atoms with Crippen molar-refractivity contribution in [1.82, 2.24) is 4.90 Å². The van der Waals surface area contributed by atoms with Crippen LogP contribution in [-0.4, -0.2) is 28.6 Å². The Kier molecular flexibility index (Phi) is 2.92. The van der Waals surface area contributed by atoms with Crippen molar-refractivity contribution in [3.63, 3.8) is 0 Å². The SMILES string of the molecule is Cc1cc(F)cc(CN2CC(O)CC2=O)c1. The van der Waals surface area contributed by atoms with Crippen LogP contribution in [0.4, 0.5) is 4.39 Å². The van der Waals surface area contributed by atoms with Crippen LogP contribution in [0.5, 0.6) is 0 Å². The third kappa shape index (κ3) is 2.39. The maximum atomic E-state index is 13.1. The highest BCUT2D eigenvalue weighted by Crippen LogP contribution is 2.16. The minimum Gasteiger partial charge on any atom is -0.391 e. The fourth-order valence-electron chi connectivity index (χ4n) is 2.03. The van der Waals surface area contributed by atoms with Crippen molar-refractivity contribution in [3.8, 4) is 0 Å². The highest BCUT2D eigenvalue weighted by Gasteiger charge is 2.27. The molecule has 1 heterocycles. The van der Waals surface area contributed by atoms with Gasteiger partial charge in [-0.1, -0.05) is 6.07 Å². The first kappa shape index (κ1) is 11.1. The zero-order valence-corrected chi connectivity index (χ0v) is 9.11. The van der Waals surface area contributed by atoms with Crippen LogP contribution in [0.3, 0.4) is 0 Å². The number of hydrogen-bond donors (Lipinski definition) is 1. The quantitative estimate of drug-likeness (QED) is 0.819. The van der Waals surface area contributed by atoms with E-state index in [1.54, 1.807) is 4.90 Å². The molecule has 0 spiro atoms. The second kappa shape index (κ2) is 4.22. The van der Waals surface area contributed by atoms with Gasteiger partial charge in [0.1, 0.15) is 5.82 Å². The fraction of sp³-hybridized carbons (Fsp3) is 0.417. The van der Waals surface area contributed by atoms with Gasteiger partial charge in [0, 0.05) is 13.1 Å². The number of benzene rings is 1. The van der Waals surface area contributed by atoms with E-state index in [1.165, 1.54) is 12.1 Å². The first-order chi connectivity index (χ1) is 7.54. The molecule has 3 nitrogen and oxygen atoms in total. The van der Waals surface area contributed by atoms with Crippen LogP contribution < -0.4 is 0 Å². The number of rotatable bonds is 2. The van der Waals surface area contributed by atoms with E-state index >= 15 is 0 Å². The van der Waals surface area contributed by atoms with Gasteiger partial charge in [0.2, 0.25) is 5.91 Å². The lowest BCUT2D eigenvalue weighted by Crippen LogP contribution is -2.25. The fourth-order valence-corrected chi connectivity index (χ4v) is 2.03. The van der Waals surface area contributed by atoms with Crippen LogP contribution in [-0.2, 0) is 11.3 Å². The average molecular weight is 223 g/mol. The van der Waals surface area contributed by atoms with E-state index in [0.29, 0.717) is 13.1 Å². The number of aryl methyl sites for hydroxylation is 1. The molecule has 4 heteroatoms. The lowest BCUT2D eigenvalue weighted by atomic mass is 10.1. The molecular formula is C12H14FNO2. The minimum absolute atomic E-state index is 0.0746. The summed E-state index contributed by atoms with van der Waals surface area (Å²) in [4.78, 5) is 13.0. The number of carbonyl (C=O) groups excluding carboxylic acids is 1. The summed E-state index contributed by atoms with van der Waals surface area (Å²) in [5.41, 5.74) is 1.60. The second-order valence-corrected chi connectivity index (χ2v) is 4.27. The predicted octanol–water partition coefficient (Wildman–Crippen LogP) is 1.23. The van der Waals surface area contributed by atoms with Gasteiger partial charge in [-0.25, -0.2) is 4.39 Å². The Balaban J connectivity index is 2.12. The van der Waals surface area contributed by atoms with Crippen LogP contribution in [0.25, 0.3) is 0 Å². The highest BCUT2D eigenvalue weighted by atomic mass is 19.1. The molecule has 1 fully saturated rings. The standard InChI is InChI=1S/C12H14FNO2/c1-8-2-9(4-10(13)3-8)6-14-7-11(15)5-12(14)16/h2-4,11,15H,5-7H2,1H3.